The zero-order chi connectivity index (χ0) is 24.3. The Kier molecular flexibility index (Phi) is 7.62. The molecule has 0 unspecified atom stereocenters. The molecule has 3 heterocycles. The molecule has 3 aromatic rings. The molecule has 1 fully saturated rings. The van der Waals surface area contributed by atoms with E-state index >= 15 is 0 Å². The number of aromatic nitrogens is 3. The van der Waals surface area contributed by atoms with Crippen molar-refractivity contribution in [2.45, 2.75) is 26.4 Å². The summed E-state index contributed by atoms with van der Waals surface area (Å²) in [5, 5.41) is 1.62. The van der Waals surface area contributed by atoms with E-state index in [-0.39, 0.29) is 12.5 Å². The molecule has 0 N–H and O–H groups in total. The number of anilines is 1. The highest BCUT2D eigenvalue weighted by Crippen LogP contribution is 2.34. The zero-order valence-electron chi connectivity index (χ0n) is 19.6. The minimum absolute atomic E-state index is 0.0572. The second-order valence-corrected chi connectivity index (χ2v) is 9.97. The molecule has 34 heavy (non-hydrogen) atoms. The van der Waals surface area contributed by atoms with Crippen molar-refractivity contribution in [1.82, 2.24) is 19.4 Å². The van der Waals surface area contributed by atoms with Crippen LogP contribution in [0, 0.1) is 0 Å². The molecule has 0 bridgehead atoms. The minimum Gasteiger partial charge on any atom is -0.459 e. The first-order valence-electron chi connectivity index (χ1n) is 11.3. The topological polar surface area (TPSA) is 72.7 Å². The summed E-state index contributed by atoms with van der Waals surface area (Å²) in [6, 6.07) is 5.59. The van der Waals surface area contributed by atoms with Crippen molar-refractivity contribution in [2.75, 3.05) is 50.8 Å². The molecule has 0 spiro atoms. The Hall–Kier alpha value is -2.39. The first-order valence-corrected chi connectivity index (χ1v) is 12.0. The van der Waals surface area contributed by atoms with Gasteiger partial charge in [-0.2, -0.15) is 0 Å². The van der Waals surface area contributed by atoms with Gasteiger partial charge in [0.05, 0.1) is 40.8 Å². The number of imidazole rings is 1. The summed E-state index contributed by atoms with van der Waals surface area (Å²) >= 11 is 12.9. The fourth-order valence-electron chi connectivity index (χ4n) is 3.87. The molecule has 1 aliphatic heterocycles. The van der Waals surface area contributed by atoms with Crippen LogP contribution in [0.25, 0.3) is 16.6 Å². The van der Waals surface area contributed by atoms with Crippen LogP contribution >= 0.6 is 23.2 Å². The van der Waals surface area contributed by atoms with Gasteiger partial charge >= 0.3 is 5.97 Å². The summed E-state index contributed by atoms with van der Waals surface area (Å²) in [4.78, 5) is 26.1. The Morgan fingerprint density at radius 2 is 2.00 bits per heavy atom. The van der Waals surface area contributed by atoms with Crippen molar-refractivity contribution in [1.29, 1.82) is 0 Å². The van der Waals surface area contributed by atoms with Crippen molar-refractivity contribution in [3.05, 3.63) is 47.0 Å². The van der Waals surface area contributed by atoms with E-state index in [1.165, 1.54) is 0 Å². The maximum Gasteiger partial charge on any atom is 0.326 e. The van der Waals surface area contributed by atoms with Crippen LogP contribution in [0.15, 0.2) is 36.9 Å². The Bertz CT molecular complexity index is 1140. The van der Waals surface area contributed by atoms with Gasteiger partial charge in [0, 0.05) is 50.0 Å². The molecular weight excluding hydrogens is 477 g/mol. The van der Waals surface area contributed by atoms with Crippen LogP contribution in [0.5, 0.6) is 0 Å². The van der Waals surface area contributed by atoms with E-state index in [0.29, 0.717) is 41.1 Å². The highest BCUT2D eigenvalue weighted by molar-refractivity contribution is 6.45. The molecule has 182 valence electrons. The Morgan fingerprint density at radius 3 is 2.68 bits per heavy atom. The molecule has 0 amide bonds. The quantitative estimate of drug-likeness (QED) is 0.445. The number of benzene rings is 1. The number of esters is 1. The standard InChI is InChI=1S/C24H29Cl2N5O3/c1-24(2,3)34-21(32)15-30(9-8-29-10-12-33-13-11-29)20-14-19(31-7-6-27-16-31)17-4-5-18(25)22(26)23(17)28-20/h4-7,14,16H,8-13,15H2,1-3H3. The number of morpholine rings is 1. The number of hydrogen-bond acceptors (Lipinski definition) is 7. The molecule has 0 saturated carbocycles. The van der Waals surface area contributed by atoms with Gasteiger partial charge < -0.3 is 18.9 Å². The average Bonchev–Trinajstić information content (AvgIpc) is 3.33. The number of hydrogen-bond donors (Lipinski definition) is 0. The maximum atomic E-state index is 12.8. The summed E-state index contributed by atoms with van der Waals surface area (Å²) in [7, 11) is 0. The number of carbonyl (C=O) groups excluding carboxylic acids is 1. The maximum absolute atomic E-state index is 12.8. The van der Waals surface area contributed by atoms with E-state index in [0.717, 1.165) is 30.7 Å². The van der Waals surface area contributed by atoms with E-state index in [9.17, 15) is 4.79 Å². The van der Waals surface area contributed by atoms with Crippen LogP contribution in [0.3, 0.4) is 0 Å². The number of rotatable bonds is 7. The van der Waals surface area contributed by atoms with Crippen molar-refractivity contribution in [3.63, 3.8) is 0 Å². The first kappa shape index (κ1) is 24.7. The summed E-state index contributed by atoms with van der Waals surface area (Å²) in [6.45, 7) is 10.1. The fraction of sp³-hybridized carbons (Fsp3) is 0.458. The predicted molar refractivity (Wildman–Crippen MR) is 134 cm³/mol. The predicted octanol–water partition coefficient (Wildman–Crippen LogP) is 4.21. The van der Waals surface area contributed by atoms with Gasteiger partial charge in [-0.3, -0.25) is 9.69 Å². The Morgan fingerprint density at radius 1 is 1.24 bits per heavy atom. The van der Waals surface area contributed by atoms with Gasteiger partial charge in [0.25, 0.3) is 0 Å². The second-order valence-electron chi connectivity index (χ2n) is 9.19. The van der Waals surface area contributed by atoms with Gasteiger partial charge in [-0.05, 0) is 32.9 Å². The third-order valence-corrected chi connectivity index (χ3v) is 6.27. The smallest absolute Gasteiger partial charge is 0.326 e. The van der Waals surface area contributed by atoms with Crippen LogP contribution in [-0.2, 0) is 14.3 Å². The highest BCUT2D eigenvalue weighted by atomic mass is 35.5. The lowest BCUT2D eigenvalue weighted by atomic mass is 10.1. The summed E-state index contributed by atoms with van der Waals surface area (Å²) < 4.78 is 13.0. The number of carbonyl (C=O) groups is 1. The lowest BCUT2D eigenvalue weighted by Gasteiger charge is -2.31. The van der Waals surface area contributed by atoms with Crippen molar-refractivity contribution < 1.29 is 14.3 Å². The Balaban J connectivity index is 1.73. The van der Waals surface area contributed by atoms with Gasteiger partial charge in [-0.25, -0.2) is 9.97 Å². The molecule has 8 nitrogen and oxygen atoms in total. The monoisotopic (exact) mass is 505 g/mol. The van der Waals surface area contributed by atoms with Crippen LogP contribution in [0.1, 0.15) is 20.8 Å². The zero-order valence-corrected chi connectivity index (χ0v) is 21.1. The van der Waals surface area contributed by atoms with Crippen LogP contribution in [-0.4, -0.2) is 76.9 Å². The van der Waals surface area contributed by atoms with Gasteiger partial charge in [-0.1, -0.05) is 23.2 Å². The van der Waals surface area contributed by atoms with Crippen LogP contribution < -0.4 is 4.90 Å². The van der Waals surface area contributed by atoms with E-state index in [1.807, 2.05) is 48.6 Å². The third kappa shape index (κ3) is 5.99. The molecule has 4 rings (SSSR count). The third-order valence-electron chi connectivity index (χ3n) is 5.47. The van der Waals surface area contributed by atoms with Crippen molar-refractivity contribution >= 4 is 45.9 Å². The largest absolute Gasteiger partial charge is 0.459 e. The molecule has 0 aliphatic carbocycles. The van der Waals surface area contributed by atoms with Gasteiger partial charge in [-0.15, -0.1) is 0 Å². The minimum atomic E-state index is -0.581. The second kappa shape index (κ2) is 10.5. The normalized spacial score (nSPS) is 15.0. The first-order chi connectivity index (χ1) is 16.2. The molecular formula is C24H29Cl2N5O3. The molecule has 2 aromatic heterocycles. The van der Waals surface area contributed by atoms with E-state index in [2.05, 4.69) is 9.88 Å². The van der Waals surface area contributed by atoms with Crippen molar-refractivity contribution in [3.8, 4) is 5.69 Å². The molecule has 10 heteroatoms. The molecule has 0 radical (unpaired) electrons. The summed E-state index contributed by atoms with van der Waals surface area (Å²) in [5.74, 6) is 0.289. The SMILES string of the molecule is CC(C)(C)OC(=O)CN(CCN1CCOCC1)c1cc(-n2ccnc2)c2ccc(Cl)c(Cl)c2n1. The van der Waals surface area contributed by atoms with Crippen LogP contribution in [0.2, 0.25) is 10.0 Å². The fourth-order valence-corrected chi connectivity index (χ4v) is 4.23. The van der Waals surface area contributed by atoms with Crippen LogP contribution in [0.4, 0.5) is 5.82 Å². The molecule has 0 atom stereocenters. The van der Waals surface area contributed by atoms with Crippen molar-refractivity contribution in [2.24, 2.45) is 0 Å². The molecule has 1 aromatic carbocycles. The number of halogens is 2. The average molecular weight is 506 g/mol. The lowest BCUT2D eigenvalue weighted by Crippen LogP contribution is -2.43. The van der Waals surface area contributed by atoms with Gasteiger partial charge in [0.2, 0.25) is 0 Å². The Labute approximate surface area is 209 Å². The lowest BCUT2D eigenvalue weighted by molar-refractivity contribution is -0.153. The summed E-state index contributed by atoms with van der Waals surface area (Å²) in [6.07, 6.45) is 5.28. The van der Waals surface area contributed by atoms with Gasteiger partial charge in [0.15, 0.2) is 0 Å². The molecule has 1 aliphatic rings. The van der Waals surface area contributed by atoms with E-state index < -0.39 is 5.60 Å². The number of fused-ring (bicyclic) bond motifs is 1. The highest BCUT2D eigenvalue weighted by Gasteiger charge is 2.23. The van der Waals surface area contributed by atoms with E-state index in [1.54, 1.807) is 18.6 Å². The van der Waals surface area contributed by atoms with E-state index in [4.69, 9.17) is 37.7 Å². The molecule has 1 saturated heterocycles. The van der Waals surface area contributed by atoms with Gasteiger partial charge in [0.1, 0.15) is 18.0 Å². The number of pyridine rings is 1. The number of ether oxygens (including phenoxy) is 2. The summed E-state index contributed by atoms with van der Waals surface area (Å²) in [5.41, 5.74) is 0.829. The number of nitrogens with zero attached hydrogens (tertiary/aromatic N) is 5.